The van der Waals surface area contributed by atoms with E-state index in [1.807, 2.05) is 60.0 Å². The van der Waals surface area contributed by atoms with Crippen LogP contribution in [-0.2, 0) is 11.2 Å². The number of aryl methyl sites for hydroxylation is 1. The van der Waals surface area contributed by atoms with E-state index in [1.54, 1.807) is 0 Å². The number of unbranched alkanes of at least 4 members (excludes halogenated alkanes) is 1. The van der Waals surface area contributed by atoms with E-state index < -0.39 is 0 Å². The number of nitrogens with two attached hydrogens (primary N) is 1. The van der Waals surface area contributed by atoms with E-state index in [0.29, 0.717) is 15.4 Å². The van der Waals surface area contributed by atoms with Crippen LogP contribution in [0.2, 0.25) is 0 Å². The largest absolute Gasteiger partial charge is 0.334 e. The second kappa shape index (κ2) is 10.0. The molecule has 0 saturated heterocycles. The average molecular weight is 465 g/mol. The molecule has 0 atom stereocenters. The molecule has 0 saturated carbocycles. The van der Waals surface area contributed by atoms with Gasteiger partial charge in [-0.1, -0.05) is 67.6 Å². The number of hydrogen-bond donors (Lipinski definition) is 2. The van der Waals surface area contributed by atoms with Gasteiger partial charge in [-0.15, -0.1) is 11.3 Å². The summed E-state index contributed by atoms with van der Waals surface area (Å²) < 4.78 is 1.03. The van der Waals surface area contributed by atoms with Gasteiger partial charge in [-0.25, -0.2) is 9.66 Å². The van der Waals surface area contributed by atoms with Crippen molar-refractivity contribution in [1.82, 2.24) is 9.66 Å². The third kappa shape index (κ3) is 4.87. The molecule has 0 bridgehead atoms. The van der Waals surface area contributed by atoms with Crippen molar-refractivity contribution in [2.75, 3.05) is 16.9 Å². The maximum Gasteiger partial charge on any atom is 0.282 e. The number of rotatable bonds is 8. The molecule has 0 aliphatic rings. The quantitative estimate of drug-likeness (QED) is 0.220. The van der Waals surface area contributed by atoms with Crippen molar-refractivity contribution in [2.24, 2.45) is 0 Å². The number of thioether (sulfide) groups is 1. The summed E-state index contributed by atoms with van der Waals surface area (Å²) in [6, 6.07) is 17.6. The molecule has 164 valence electrons. The molecule has 4 rings (SSSR count). The van der Waals surface area contributed by atoms with Gasteiger partial charge in [0.05, 0.1) is 11.1 Å². The molecule has 4 aromatic rings. The number of amides is 1. The Kier molecular flexibility index (Phi) is 6.92. The van der Waals surface area contributed by atoms with Gasteiger partial charge in [0.15, 0.2) is 5.16 Å². The number of benzene rings is 2. The lowest BCUT2D eigenvalue weighted by Gasteiger charge is -2.09. The van der Waals surface area contributed by atoms with E-state index in [4.69, 9.17) is 5.84 Å². The van der Waals surface area contributed by atoms with Gasteiger partial charge in [0, 0.05) is 16.6 Å². The predicted octanol–water partition coefficient (Wildman–Crippen LogP) is 4.91. The topological polar surface area (TPSA) is 90.0 Å². The lowest BCUT2D eigenvalue weighted by atomic mass is 10.1. The minimum absolute atomic E-state index is 0.101. The standard InChI is InChI=1S/C24H24N4O2S2/c1-2-3-7-16-10-12-18(13-11-16)26-20(29)15-32-24-27-22-21(23(30)28(24)25)19(14-31-22)17-8-5-4-6-9-17/h4-6,8-14H,2-3,7,15,25H2,1H3,(H,26,29). The monoisotopic (exact) mass is 464 g/mol. The van der Waals surface area contributed by atoms with Crippen molar-refractivity contribution in [3.63, 3.8) is 0 Å². The van der Waals surface area contributed by atoms with Crippen LogP contribution in [0, 0.1) is 0 Å². The number of anilines is 1. The number of carbonyl (C=O) groups is 1. The molecule has 2 heterocycles. The normalized spacial score (nSPS) is 11.0. The summed E-state index contributed by atoms with van der Waals surface area (Å²) in [5.41, 5.74) is 3.45. The Morgan fingerprint density at radius 2 is 1.91 bits per heavy atom. The second-order valence-corrected chi connectivity index (χ2v) is 9.20. The highest BCUT2D eigenvalue weighted by atomic mass is 32.2. The smallest absolute Gasteiger partial charge is 0.282 e. The van der Waals surface area contributed by atoms with Gasteiger partial charge < -0.3 is 11.2 Å². The van der Waals surface area contributed by atoms with E-state index in [-0.39, 0.29) is 17.2 Å². The number of nitrogens with zero attached hydrogens (tertiary/aromatic N) is 2. The highest BCUT2D eigenvalue weighted by Gasteiger charge is 2.17. The number of hydrogen-bond acceptors (Lipinski definition) is 6. The number of nitrogens with one attached hydrogen (secondary N) is 1. The maximum absolute atomic E-state index is 12.9. The Morgan fingerprint density at radius 3 is 2.62 bits per heavy atom. The maximum atomic E-state index is 12.9. The lowest BCUT2D eigenvalue weighted by molar-refractivity contribution is -0.113. The molecule has 1 amide bonds. The van der Waals surface area contributed by atoms with Gasteiger partial charge >= 0.3 is 0 Å². The molecule has 0 fully saturated rings. The Morgan fingerprint density at radius 1 is 1.16 bits per heavy atom. The summed E-state index contributed by atoms with van der Waals surface area (Å²) in [7, 11) is 0. The first-order valence-corrected chi connectivity index (χ1v) is 12.3. The molecule has 8 heteroatoms. The predicted molar refractivity (Wildman–Crippen MR) is 134 cm³/mol. The minimum Gasteiger partial charge on any atom is -0.334 e. The molecule has 0 aliphatic carbocycles. The molecule has 0 spiro atoms. The van der Waals surface area contributed by atoms with Gasteiger partial charge in [-0.05, 0) is 36.1 Å². The third-order valence-corrected chi connectivity index (χ3v) is 6.91. The fraction of sp³-hybridized carbons (Fsp3) is 0.208. The summed E-state index contributed by atoms with van der Waals surface area (Å²) >= 11 is 2.54. The molecule has 0 radical (unpaired) electrons. The van der Waals surface area contributed by atoms with Crippen LogP contribution in [0.25, 0.3) is 21.3 Å². The van der Waals surface area contributed by atoms with Crippen molar-refractivity contribution in [2.45, 2.75) is 31.3 Å². The highest BCUT2D eigenvalue weighted by molar-refractivity contribution is 7.99. The molecule has 0 unspecified atom stereocenters. The molecule has 6 nitrogen and oxygen atoms in total. The first kappa shape index (κ1) is 22.1. The van der Waals surface area contributed by atoms with Gasteiger partial charge in [0.1, 0.15) is 4.83 Å². The number of carbonyl (C=O) groups excluding carboxylic acids is 1. The molecule has 2 aromatic heterocycles. The Labute approximate surface area is 194 Å². The number of fused-ring (bicyclic) bond motifs is 1. The first-order valence-electron chi connectivity index (χ1n) is 10.4. The van der Waals surface area contributed by atoms with Crippen LogP contribution in [0.5, 0.6) is 0 Å². The summed E-state index contributed by atoms with van der Waals surface area (Å²) in [5.74, 6) is 5.97. The first-order chi connectivity index (χ1) is 15.6. The van der Waals surface area contributed by atoms with Crippen LogP contribution >= 0.6 is 23.1 Å². The van der Waals surface area contributed by atoms with E-state index in [9.17, 15) is 9.59 Å². The minimum atomic E-state index is -0.319. The number of aromatic nitrogens is 2. The Bertz CT molecular complexity index is 1280. The van der Waals surface area contributed by atoms with Gasteiger partial charge in [-0.3, -0.25) is 9.59 Å². The fourth-order valence-electron chi connectivity index (χ4n) is 3.38. The summed E-state index contributed by atoms with van der Waals surface area (Å²) in [4.78, 5) is 30.5. The van der Waals surface area contributed by atoms with E-state index in [0.717, 1.165) is 52.5 Å². The summed E-state index contributed by atoms with van der Waals surface area (Å²) in [5, 5.41) is 5.61. The average Bonchev–Trinajstić information content (AvgIpc) is 3.24. The number of thiophene rings is 1. The molecular formula is C24H24N4O2S2. The van der Waals surface area contributed by atoms with E-state index in [2.05, 4.69) is 17.2 Å². The van der Waals surface area contributed by atoms with Gasteiger partial charge in [-0.2, -0.15) is 0 Å². The molecular weight excluding hydrogens is 440 g/mol. The zero-order valence-electron chi connectivity index (χ0n) is 17.7. The van der Waals surface area contributed by atoms with Crippen LogP contribution in [-0.4, -0.2) is 21.3 Å². The van der Waals surface area contributed by atoms with Crippen molar-refractivity contribution in [3.8, 4) is 11.1 Å². The van der Waals surface area contributed by atoms with E-state index >= 15 is 0 Å². The summed E-state index contributed by atoms with van der Waals surface area (Å²) in [6.45, 7) is 2.17. The number of nitrogen functional groups attached to an aromatic ring is 1. The zero-order chi connectivity index (χ0) is 22.5. The van der Waals surface area contributed by atoms with Crippen molar-refractivity contribution >= 4 is 44.9 Å². The second-order valence-electron chi connectivity index (χ2n) is 7.40. The van der Waals surface area contributed by atoms with Crippen LogP contribution in [0.4, 0.5) is 5.69 Å². The molecule has 0 aliphatic heterocycles. The summed E-state index contributed by atoms with van der Waals surface area (Å²) in [6.07, 6.45) is 3.34. The molecule has 3 N–H and O–H groups in total. The van der Waals surface area contributed by atoms with Gasteiger partial charge in [0.25, 0.3) is 5.56 Å². The zero-order valence-corrected chi connectivity index (χ0v) is 19.3. The molecule has 32 heavy (non-hydrogen) atoms. The van der Waals surface area contributed by atoms with Crippen molar-refractivity contribution < 1.29 is 4.79 Å². The highest BCUT2D eigenvalue weighted by Crippen LogP contribution is 2.31. The third-order valence-electron chi connectivity index (χ3n) is 5.08. The fourth-order valence-corrected chi connectivity index (χ4v) is 5.09. The van der Waals surface area contributed by atoms with Crippen molar-refractivity contribution in [1.29, 1.82) is 0 Å². The van der Waals surface area contributed by atoms with Gasteiger partial charge in [0.2, 0.25) is 5.91 Å². The van der Waals surface area contributed by atoms with Crippen LogP contribution < -0.4 is 16.7 Å². The van der Waals surface area contributed by atoms with E-state index in [1.165, 1.54) is 16.9 Å². The van der Waals surface area contributed by atoms with Crippen LogP contribution in [0.1, 0.15) is 25.3 Å². The SMILES string of the molecule is CCCCc1ccc(NC(=O)CSc2nc3scc(-c4ccccc4)c3c(=O)n2N)cc1. The molecule has 2 aromatic carbocycles. The lowest BCUT2D eigenvalue weighted by Crippen LogP contribution is -2.30. The van der Waals surface area contributed by atoms with Crippen LogP contribution in [0.15, 0.2) is 69.9 Å². The Balaban J connectivity index is 1.46. The van der Waals surface area contributed by atoms with Crippen LogP contribution in [0.3, 0.4) is 0 Å². The van der Waals surface area contributed by atoms with Crippen molar-refractivity contribution in [3.05, 3.63) is 75.9 Å². The Hall–Kier alpha value is -3.10.